The number of hydrogen-bond donors (Lipinski definition) is 0. The maximum Gasteiger partial charge on any atom is 0.213 e. The van der Waals surface area contributed by atoms with Gasteiger partial charge in [-0.25, -0.2) is 9.13 Å². The molecule has 8 aromatic carbocycles. The van der Waals surface area contributed by atoms with Crippen LogP contribution in [-0.4, -0.2) is 0 Å². The van der Waals surface area contributed by atoms with Crippen molar-refractivity contribution in [1.82, 2.24) is 0 Å². The molecular formula is C73H66N3+3. The first kappa shape index (κ1) is 49.4. The minimum Gasteiger partial charge on any atom is -0.201 e. The van der Waals surface area contributed by atoms with Crippen LogP contribution in [0.4, 0.5) is 0 Å². The molecule has 11 rings (SSSR count). The van der Waals surface area contributed by atoms with E-state index >= 15 is 0 Å². The quantitative estimate of drug-likeness (QED) is 0.0963. The van der Waals surface area contributed by atoms with Gasteiger partial charge in [0.1, 0.15) is 21.1 Å². The Bertz CT molecular complexity index is 3750. The van der Waals surface area contributed by atoms with E-state index in [-0.39, 0.29) is 0 Å². The lowest BCUT2D eigenvalue weighted by molar-refractivity contribution is -0.660. The number of rotatable bonds is 14. The molecule has 0 saturated heterocycles. The Morgan fingerprint density at radius 2 is 0.711 bits per heavy atom. The zero-order valence-corrected chi connectivity index (χ0v) is 44.8. The molecule has 0 N–H and O–H groups in total. The van der Waals surface area contributed by atoms with Gasteiger partial charge < -0.3 is 0 Å². The van der Waals surface area contributed by atoms with Crippen molar-refractivity contribution in [3.8, 4) is 89.5 Å². The molecule has 0 saturated carbocycles. The van der Waals surface area contributed by atoms with Crippen LogP contribution >= 0.6 is 0 Å². The summed E-state index contributed by atoms with van der Waals surface area (Å²) in [6, 6.07) is 85.5. The van der Waals surface area contributed by atoms with Gasteiger partial charge in [-0.2, -0.15) is 4.57 Å². The number of pyridine rings is 3. The molecule has 0 aliphatic rings. The maximum atomic E-state index is 2.48. The molecule has 0 aliphatic heterocycles. The second kappa shape index (κ2) is 22.0. The van der Waals surface area contributed by atoms with E-state index < -0.39 is 0 Å². The van der Waals surface area contributed by atoms with Crippen LogP contribution in [-0.2, 0) is 46.8 Å². The van der Waals surface area contributed by atoms with E-state index in [2.05, 4.69) is 299 Å². The fourth-order valence-electron chi connectivity index (χ4n) is 11.4. The molecule has 76 heavy (non-hydrogen) atoms. The average molecular weight is 985 g/mol. The third-order valence-electron chi connectivity index (χ3n) is 15.5. The molecule has 0 spiro atoms. The van der Waals surface area contributed by atoms with Gasteiger partial charge in [0.25, 0.3) is 0 Å². The number of benzene rings is 8. The Morgan fingerprint density at radius 1 is 0.250 bits per heavy atom. The molecule has 0 amide bonds. The third-order valence-corrected chi connectivity index (χ3v) is 15.5. The summed E-state index contributed by atoms with van der Waals surface area (Å²) in [5, 5.41) is 0. The van der Waals surface area contributed by atoms with E-state index in [1.54, 1.807) is 0 Å². The van der Waals surface area contributed by atoms with E-state index in [1.807, 2.05) is 0 Å². The minimum atomic E-state index is 0.939. The molecule has 0 fully saturated rings. The topological polar surface area (TPSA) is 11.6 Å². The van der Waals surface area contributed by atoms with Crippen LogP contribution < -0.4 is 13.7 Å². The Balaban J connectivity index is 1.00. The van der Waals surface area contributed by atoms with E-state index in [0.29, 0.717) is 0 Å². The summed E-state index contributed by atoms with van der Waals surface area (Å²) in [4.78, 5) is 0. The minimum absolute atomic E-state index is 0.939. The number of nitrogens with zero attached hydrogens (tertiary/aromatic N) is 3. The van der Waals surface area contributed by atoms with Crippen LogP contribution in [0.3, 0.4) is 0 Å². The SMILES string of the molecule is Cc1cc(CCc2cc(CCc3ccc(-c4cccc[n+]4C)c(C)c3)cc(-c3ccccc3-c3cc(C)c(-c4cccc(-c5ccccc5)[n+]4C)cc3-c3ccc(-c4ccccc4)cc3)c2)ccc1-c1cccc[n+]1C. The van der Waals surface area contributed by atoms with Gasteiger partial charge in [-0.15, -0.1) is 0 Å². The first-order valence-electron chi connectivity index (χ1n) is 26.8. The molecular weight excluding hydrogens is 919 g/mol. The molecule has 3 heteroatoms. The van der Waals surface area contributed by atoms with Crippen LogP contribution in [0.1, 0.15) is 38.9 Å². The lowest BCUT2D eigenvalue weighted by atomic mass is 9.85. The van der Waals surface area contributed by atoms with Crippen molar-refractivity contribution < 1.29 is 13.7 Å². The predicted octanol–water partition coefficient (Wildman–Crippen LogP) is 16.0. The zero-order valence-electron chi connectivity index (χ0n) is 44.8. The van der Waals surface area contributed by atoms with Gasteiger partial charge in [0.05, 0.1) is 0 Å². The van der Waals surface area contributed by atoms with Crippen molar-refractivity contribution in [1.29, 1.82) is 0 Å². The smallest absolute Gasteiger partial charge is 0.201 e. The molecule has 0 aliphatic carbocycles. The fraction of sp³-hybridized carbons (Fsp3) is 0.137. The van der Waals surface area contributed by atoms with Gasteiger partial charge >= 0.3 is 0 Å². The molecule has 0 unspecified atom stereocenters. The highest BCUT2D eigenvalue weighted by Crippen LogP contribution is 2.43. The lowest BCUT2D eigenvalue weighted by Crippen LogP contribution is -2.34. The van der Waals surface area contributed by atoms with Gasteiger partial charge in [0.2, 0.25) is 22.8 Å². The lowest BCUT2D eigenvalue weighted by Gasteiger charge is -2.19. The van der Waals surface area contributed by atoms with Gasteiger partial charge in [0, 0.05) is 58.7 Å². The summed E-state index contributed by atoms with van der Waals surface area (Å²) < 4.78 is 6.76. The fourth-order valence-corrected chi connectivity index (χ4v) is 11.4. The van der Waals surface area contributed by atoms with Crippen molar-refractivity contribution in [2.75, 3.05) is 0 Å². The van der Waals surface area contributed by atoms with Crippen LogP contribution in [0.5, 0.6) is 0 Å². The highest BCUT2D eigenvalue weighted by Gasteiger charge is 2.23. The standard InChI is InChI=1S/C73H66N3/c1-51-44-54(34-40-63(51)71-26-15-17-42-74(71)4)30-32-56-47-57(33-31-55-35-41-64(52(2)45-55)72-27-16-18-43-75(72)5)49-62(48-56)65-24-13-14-25-66(65)69-46-53(3)67(73-29-19-28-70(76(73)6)61-22-11-8-12-23-61)50-68(69)60-38-36-59(37-39-60)58-20-9-7-10-21-58/h7-29,34-50H,30-33H2,1-6H3/q+3. The van der Waals surface area contributed by atoms with Crippen LogP contribution in [0.25, 0.3) is 89.5 Å². The molecule has 3 aromatic heterocycles. The van der Waals surface area contributed by atoms with Crippen LogP contribution in [0.2, 0.25) is 0 Å². The molecule has 0 radical (unpaired) electrons. The van der Waals surface area contributed by atoms with E-state index in [4.69, 9.17) is 0 Å². The third kappa shape index (κ3) is 10.5. The summed E-state index contributed by atoms with van der Waals surface area (Å²) in [5.74, 6) is 0. The second-order valence-electron chi connectivity index (χ2n) is 20.7. The second-order valence-corrected chi connectivity index (χ2v) is 20.7. The summed E-state index contributed by atoms with van der Waals surface area (Å²) in [7, 11) is 6.44. The summed E-state index contributed by atoms with van der Waals surface area (Å²) in [6.45, 7) is 6.77. The highest BCUT2D eigenvalue weighted by atomic mass is 14.9. The number of aryl methyl sites for hydroxylation is 9. The molecule has 370 valence electrons. The Hall–Kier alpha value is -8.79. The molecule has 3 nitrogen and oxygen atoms in total. The monoisotopic (exact) mass is 985 g/mol. The van der Waals surface area contributed by atoms with Crippen molar-refractivity contribution in [2.24, 2.45) is 21.1 Å². The number of aromatic nitrogens is 3. The first-order chi connectivity index (χ1) is 37.1. The number of hydrogen-bond acceptors (Lipinski definition) is 0. The Morgan fingerprint density at radius 3 is 1.28 bits per heavy atom. The zero-order chi connectivity index (χ0) is 52.1. The summed E-state index contributed by atoms with van der Waals surface area (Å²) in [5.41, 5.74) is 28.8. The van der Waals surface area contributed by atoms with Crippen molar-refractivity contribution in [3.63, 3.8) is 0 Å². The van der Waals surface area contributed by atoms with Crippen LogP contribution in [0, 0.1) is 20.8 Å². The summed E-state index contributed by atoms with van der Waals surface area (Å²) >= 11 is 0. The molecule has 11 aromatic rings. The van der Waals surface area contributed by atoms with Gasteiger partial charge in [-0.3, -0.25) is 0 Å². The van der Waals surface area contributed by atoms with Gasteiger partial charge in [-0.1, -0.05) is 140 Å². The van der Waals surface area contributed by atoms with E-state index in [0.717, 1.165) is 25.7 Å². The summed E-state index contributed by atoms with van der Waals surface area (Å²) in [6.07, 6.45) is 8.04. The normalized spacial score (nSPS) is 11.2. The average Bonchev–Trinajstić information content (AvgIpc) is 3.46. The maximum absolute atomic E-state index is 2.48. The Labute approximate surface area is 450 Å². The Kier molecular flexibility index (Phi) is 14.3. The highest BCUT2D eigenvalue weighted by molar-refractivity contribution is 5.94. The van der Waals surface area contributed by atoms with Crippen LogP contribution in [0.15, 0.2) is 243 Å². The predicted molar refractivity (Wildman–Crippen MR) is 315 cm³/mol. The van der Waals surface area contributed by atoms with E-state index in [9.17, 15) is 0 Å². The van der Waals surface area contributed by atoms with Crippen molar-refractivity contribution >= 4 is 0 Å². The van der Waals surface area contributed by atoms with Crippen molar-refractivity contribution in [2.45, 2.75) is 46.5 Å². The molecule has 0 bridgehead atoms. The van der Waals surface area contributed by atoms with Gasteiger partial charge in [0.15, 0.2) is 12.4 Å². The molecule has 0 atom stereocenters. The van der Waals surface area contributed by atoms with E-state index in [1.165, 1.54) is 128 Å². The van der Waals surface area contributed by atoms with Gasteiger partial charge in [-0.05, 0) is 185 Å². The molecule has 3 heterocycles. The van der Waals surface area contributed by atoms with Crippen molar-refractivity contribution in [3.05, 3.63) is 282 Å². The largest absolute Gasteiger partial charge is 0.213 e. The first-order valence-corrected chi connectivity index (χ1v) is 26.8.